The second kappa shape index (κ2) is 12.8. The highest BCUT2D eigenvalue weighted by Gasteiger charge is 2.32. The Morgan fingerprint density at radius 2 is 0.452 bits per heavy atom. The summed E-state index contributed by atoms with van der Waals surface area (Å²) in [6, 6.07) is 59.0. The normalized spacial score (nSPS) is 12.2. The summed E-state index contributed by atoms with van der Waals surface area (Å²) in [6.45, 7) is 0. The molecule has 0 amide bonds. The summed E-state index contributed by atoms with van der Waals surface area (Å²) < 4.78 is 0. The number of nitrogens with one attached hydrogen (secondary N) is 4. The zero-order valence-corrected chi connectivity index (χ0v) is 35.0. The van der Waals surface area contributed by atoms with Gasteiger partial charge in [-0.1, -0.05) is 158 Å². The van der Waals surface area contributed by atoms with E-state index in [0.29, 0.717) is 0 Å². The third-order valence-electron chi connectivity index (χ3n) is 14.1. The van der Waals surface area contributed by atoms with Gasteiger partial charge >= 0.3 is 0 Å². The molecule has 4 N–H and O–H groups in total. The Balaban J connectivity index is 1.10. The summed E-state index contributed by atoms with van der Waals surface area (Å²) in [7, 11) is 8.21. The number of fused-ring (bicyclic) bond motifs is 10. The highest BCUT2D eigenvalue weighted by molar-refractivity contribution is 6.33. The Bertz CT molecular complexity index is 3380. The Kier molecular flexibility index (Phi) is 7.25. The second-order valence-electron chi connectivity index (χ2n) is 16.7. The lowest BCUT2D eigenvalue weighted by atomic mass is 9.83. The predicted molar refractivity (Wildman–Crippen MR) is 269 cm³/mol. The molecule has 11 aromatic rings. The summed E-state index contributed by atoms with van der Waals surface area (Å²) in [4.78, 5) is 0. The molecule has 0 atom stereocenters. The quantitative estimate of drug-likeness (QED) is 0.100. The molecule has 0 spiro atoms. The van der Waals surface area contributed by atoms with Gasteiger partial charge in [-0.05, 0) is 87.6 Å². The standard InChI is InChI=1S/C58H42N4/c1-59-55-39-19-9-11-21-41(39)57(61-3)53-45-29-27-37(35-23-13-25-43(49(35)45)51(53)55)47-31-15-5-7-17-33(31)48(34-18-8-6-16-32(34)47)38-28-30-46-50-36(38)24-14-26-44(50)52-54(46)58(62-4)42-22-12-10-20-40(42)56(52)60-2/h5-30,59-62H,1-4H3. The number of hydrogen-bond acceptors (Lipinski definition) is 4. The van der Waals surface area contributed by atoms with Crippen LogP contribution in [0.4, 0.5) is 22.7 Å². The van der Waals surface area contributed by atoms with Crippen molar-refractivity contribution < 1.29 is 0 Å². The minimum atomic E-state index is 1.17. The average Bonchev–Trinajstić information content (AvgIpc) is 3.84. The molecule has 0 unspecified atom stereocenters. The maximum Gasteiger partial charge on any atom is 0.0505 e. The topological polar surface area (TPSA) is 48.1 Å². The highest BCUT2D eigenvalue weighted by atomic mass is 14.9. The van der Waals surface area contributed by atoms with Crippen LogP contribution >= 0.6 is 0 Å². The third kappa shape index (κ3) is 4.31. The van der Waals surface area contributed by atoms with Gasteiger partial charge in [0.05, 0.1) is 22.7 Å². The van der Waals surface area contributed by atoms with Gasteiger partial charge in [0.25, 0.3) is 0 Å². The van der Waals surface area contributed by atoms with Crippen LogP contribution < -0.4 is 21.3 Å². The van der Waals surface area contributed by atoms with Crippen LogP contribution in [0.1, 0.15) is 0 Å². The van der Waals surface area contributed by atoms with E-state index in [1.807, 2.05) is 0 Å². The summed E-state index contributed by atoms with van der Waals surface area (Å²) in [5.74, 6) is 0. The molecule has 4 heteroatoms. The van der Waals surface area contributed by atoms with Crippen molar-refractivity contribution in [1.82, 2.24) is 0 Å². The van der Waals surface area contributed by atoms with Gasteiger partial charge in [-0.25, -0.2) is 0 Å². The molecule has 0 radical (unpaired) electrons. The first-order valence-electron chi connectivity index (χ1n) is 21.6. The molecule has 0 fully saturated rings. The molecule has 0 aromatic heterocycles. The van der Waals surface area contributed by atoms with Crippen molar-refractivity contribution in [1.29, 1.82) is 0 Å². The number of anilines is 4. The molecule has 0 heterocycles. The van der Waals surface area contributed by atoms with Gasteiger partial charge < -0.3 is 21.3 Å². The van der Waals surface area contributed by atoms with Gasteiger partial charge in [-0.2, -0.15) is 0 Å². The zero-order chi connectivity index (χ0) is 41.4. The number of benzene rings is 11. The van der Waals surface area contributed by atoms with Crippen molar-refractivity contribution in [3.63, 3.8) is 0 Å². The van der Waals surface area contributed by atoms with Gasteiger partial charge in [0.1, 0.15) is 0 Å². The van der Waals surface area contributed by atoms with E-state index >= 15 is 0 Å². The number of hydrogen-bond donors (Lipinski definition) is 4. The monoisotopic (exact) mass is 794 g/mol. The molecule has 11 aromatic carbocycles. The Morgan fingerprint density at radius 1 is 0.210 bits per heavy atom. The van der Waals surface area contributed by atoms with E-state index < -0.39 is 0 Å². The van der Waals surface area contributed by atoms with Crippen LogP contribution in [0.25, 0.3) is 131 Å². The van der Waals surface area contributed by atoms with E-state index in [-0.39, 0.29) is 0 Å². The van der Waals surface area contributed by atoms with Gasteiger partial charge in [0.2, 0.25) is 0 Å². The van der Waals surface area contributed by atoms with E-state index in [4.69, 9.17) is 0 Å². The van der Waals surface area contributed by atoms with E-state index in [1.165, 1.54) is 154 Å². The summed E-state index contributed by atoms with van der Waals surface area (Å²) in [5.41, 5.74) is 19.9. The summed E-state index contributed by atoms with van der Waals surface area (Å²) in [6.07, 6.45) is 0. The Hall–Kier alpha value is -7.82. The predicted octanol–water partition coefficient (Wildman–Crippen LogP) is 15.4. The van der Waals surface area contributed by atoms with Crippen molar-refractivity contribution in [2.24, 2.45) is 0 Å². The molecule has 2 aliphatic carbocycles. The van der Waals surface area contributed by atoms with Crippen molar-refractivity contribution in [2.75, 3.05) is 49.5 Å². The molecule has 0 saturated heterocycles. The summed E-state index contributed by atoms with van der Waals surface area (Å²) in [5, 5.41) is 29.6. The molecule has 4 nitrogen and oxygen atoms in total. The number of rotatable bonds is 6. The first kappa shape index (κ1) is 35.0. The lowest BCUT2D eigenvalue weighted by Gasteiger charge is -2.20. The van der Waals surface area contributed by atoms with Crippen LogP contribution in [-0.4, -0.2) is 28.2 Å². The fourth-order valence-corrected chi connectivity index (χ4v) is 11.8. The smallest absolute Gasteiger partial charge is 0.0505 e. The molecule has 0 aliphatic heterocycles. The van der Waals surface area contributed by atoms with E-state index in [2.05, 4.69) is 207 Å². The molecule has 0 saturated carbocycles. The third-order valence-corrected chi connectivity index (χ3v) is 14.1. The van der Waals surface area contributed by atoms with Crippen LogP contribution in [0.5, 0.6) is 0 Å². The van der Waals surface area contributed by atoms with Gasteiger partial charge in [-0.3, -0.25) is 0 Å². The van der Waals surface area contributed by atoms with Crippen LogP contribution in [0.3, 0.4) is 0 Å². The maximum atomic E-state index is 3.63. The maximum absolute atomic E-state index is 3.63. The van der Waals surface area contributed by atoms with Crippen LogP contribution in [0.2, 0.25) is 0 Å². The molecule has 2 aliphatic rings. The van der Waals surface area contributed by atoms with Crippen LogP contribution in [0.15, 0.2) is 158 Å². The Labute approximate surface area is 359 Å². The van der Waals surface area contributed by atoms with Gasteiger partial charge in [-0.15, -0.1) is 0 Å². The van der Waals surface area contributed by atoms with Crippen LogP contribution in [0, 0.1) is 0 Å². The molecular formula is C58H42N4. The second-order valence-corrected chi connectivity index (χ2v) is 16.7. The van der Waals surface area contributed by atoms with Crippen molar-refractivity contribution in [3.8, 4) is 66.8 Å². The molecule has 294 valence electrons. The first-order valence-corrected chi connectivity index (χ1v) is 21.6. The average molecular weight is 795 g/mol. The van der Waals surface area contributed by atoms with Gasteiger partial charge in [0.15, 0.2) is 0 Å². The molecule has 13 rings (SSSR count). The lowest BCUT2D eigenvalue weighted by Crippen LogP contribution is -1.99. The fourth-order valence-electron chi connectivity index (χ4n) is 11.8. The van der Waals surface area contributed by atoms with E-state index in [1.54, 1.807) is 0 Å². The lowest BCUT2D eigenvalue weighted by molar-refractivity contribution is 1.51. The zero-order valence-electron chi connectivity index (χ0n) is 35.0. The SMILES string of the molecule is CNc1c2c(c(NC)c3ccccc13)-c1ccc(-c3c4ccccc4c(-c4ccc5c6c(cccc46)-c4c-5c(NC)c5ccccc5c4NC)c4ccccc34)c3cccc-2c13. The van der Waals surface area contributed by atoms with Crippen LogP contribution in [-0.2, 0) is 0 Å². The molecular weight excluding hydrogens is 753 g/mol. The molecule has 0 bridgehead atoms. The largest absolute Gasteiger partial charge is 0.387 e. The van der Waals surface area contributed by atoms with Crippen molar-refractivity contribution in [3.05, 3.63) is 158 Å². The van der Waals surface area contributed by atoms with Crippen molar-refractivity contribution in [2.45, 2.75) is 0 Å². The van der Waals surface area contributed by atoms with E-state index in [0.717, 1.165) is 0 Å². The highest BCUT2D eigenvalue weighted by Crippen LogP contribution is 2.60. The Morgan fingerprint density at radius 3 is 0.742 bits per heavy atom. The van der Waals surface area contributed by atoms with Gasteiger partial charge in [0, 0.05) is 72.0 Å². The first-order chi connectivity index (χ1) is 30.7. The minimum absolute atomic E-state index is 1.17. The molecule has 62 heavy (non-hydrogen) atoms. The van der Waals surface area contributed by atoms with Crippen molar-refractivity contribution >= 4 is 87.4 Å². The summed E-state index contributed by atoms with van der Waals surface area (Å²) >= 11 is 0. The minimum Gasteiger partial charge on any atom is -0.387 e. The van der Waals surface area contributed by atoms with E-state index in [9.17, 15) is 0 Å². The fraction of sp³-hybridized carbons (Fsp3) is 0.0690.